The number of hydrogen-bond acceptors (Lipinski definition) is 1. The van der Waals surface area contributed by atoms with Crippen LogP contribution in [0.25, 0.3) is 5.57 Å². The molecule has 0 fully saturated rings. The van der Waals surface area contributed by atoms with E-state index >= 15 is 0 Å². The molecule has 0 saturated heterocycles. The van der Waals surface area contributed by atoms with Crippen LogP contribution in [-0.4, -0.2) is 0 Å². The highest BCUT2D eigenvalue weighted by atomic mass is 14.6. The van der Waals surface area contributed by atoms with Gasteiger partial charge in [0.2, 0.25) is 0 Å². The van der Waals surface area contributed by atoms with Crippen molar-refractivity contribution in [3.05, 3.63) is 35.9 Å². The molecule has 0 aliphatic carbocycles. The van der Waals surface area contributed by atoms with Gasteiger partial charge in [-0.15, -0.1) is 0 Å². The van der Waals surface area contributed by atoms with E-state index in [-0.39, 0.29) is 5.41 Å². The van der Waals surface area contributed by atoms with E-state index in [1.807, 2.05) is 19.1 Å². The Morgan fingerprint density at radius 1 is 1.29 bits per heavy atom. The van der Waals surface area contributed by atoms with Gasteiger partial charge in [-0.05, 0) is 35.6 Å². The molecule has 1 aromatic rings. The van der Waals surface area contributed by atoms with E-state index in [1.54, 1.807) is 0 Å². The van der Waals surface area contributed by atoms with Crippen molar-refractivity contribution in [2.24, 2.45) is 0 Å². The lowest BCUT2D eigenvalue weighted by molar-refractivity contribution is 0.592. The Bertz CT molecular complexity index is 356. The summed E-state index contributed by atoms with van der Waals surface area (Å²) < 4.78 is 0. The molecule has 14 heavy (non-hydrogen) atoms. The largest absolute Gasteiger partial charge is 0.398 e. The van der Waals surface area contributed by atoms with Crippen molar-refractivity contribution in [2.45, 2.75) is 33.1 Å². The second-order valence-electron chi connectivity index (χ2n) is 4.83. The van der Waals surface area contributed by atoms with Crippen molar-refractivity contribution in [2.75, 3.05) is 5.73 Å². The van der Waals surface area contributed by atoms with Crippen LogP contribution in [0.4, 0.5) is 5.69 Å². The number of benzene rings is 1. The van der Waals surface area contributed by atoms with E-state index in [0.717, 1.165) is 11.3 Å². The quantitative estimate of drug-likeness (QED) is 0.671. The van der Waals surface area contributed by atoms with Crippen molar-refractivity contribution < 1.29 is 0 Å². The zero-order valence-corrected chi connectivity index (χ0v) is 9.52. The summed E-state index contributed by atoms with van der Waals surface area (Å²) in [6, 6.07) is 6.12. The molecule has 1 nitrogen and oxygen atoms in total. The molecular formula is C13H19N. The van der Waals surface area contributed by atoms with Gasteiger partial charge >= 0.3 is 0 Å². The molecule has 1 rings (SSSR count). The highest BCUT2D eigenvalue weighted by molar-refractivity contribution is 5.66. The number of rotatable bonds is 1. The summed E-state index contributed by atoms with van der Waals surface area (Å²) in [5.41, 5.74) is 10.3. The Hall–Kier alpha value is -1.24. The molecule has 0 amide bonds. The minimum Gasteiger partial charge on any atom is -0.398 e. The van der Waals surface area contributed by atoms with Gasteiger partial charge in [-0.25, -0.2) is 0 Å². The Labute approximate surface area is 86.6 Å². The van der Waals surface area contributed by atoms with Crippen LogP contribution in [0.3, 0.4) is 0 Å². The number of hydrogen-bond donors (Lipinski definition) is 1. The molecule has 0 heterocycles. The first-order valence-corrected chi connectivity index (χ1v) is 4.88. The molecule has 1 heteroatoms. The maximum atomic E-state index is 5.95. The molecule has 0 aromatic heterocycles. The zero-order chi connectivity index (χ0) is 10.9. The van der Waals surface area contributed by atoms with E-state index in [9.17, 15) is 0 Å². The van der Waals surface area contributed by atoms with Crippen molar-refractivity contribution in [1.82, 2.24) is 0 Å². The maximum Gasteiger partial charge on any atom is 0.0352 e. The van der Waals surface area contributed by atoms with Crippen LogP contribution >= 0.6 is 0 Å². The van der Waals surface area contributed by atoms with Crippen LogP contribution in [0.15, 0.2) is 24.8 Å². The van der Waals surface area contributed by atoms with Gasteiger partial charge in [0.1, 0.15) is 0 Å². The van der Waals surface area contributed by atoms with E-state index in [4.69, 9.17) is 5.73 Å². The van der Waals surface area contributed by atoms with E-state index < -0.39 is 0 Å². The molecule has 0 spiro atoms. The van der Waals surface area contributed by atoms with Gasteiger partial charge in [0.25, 0.3) is 0 Å². The van der Waals surface area contributed by atoms with Gasteiger partial charge in [0.15, 0.2) is 0 Å². The Morgan fingerprint density at radius 3 is 2.29 bits per heavy atom. The number of nitrogens with two attached hydrogens (primary N) is 1. The zero-order valence-electron chi connectivity index (χ0n) is 9.52. The molecule has 0 unspecified atom stereocenters. The van der Waals surface area contributed by atoms with Crippen LogP contribution in [0, 0.1) is 0 Å². The molecule has 0 aliphatic rings. The average Bonchev–Trinajstić information content (AvgIpc) is 2.02. The van der Waals surface area contributed by atoms with Crippen LogP contribution in [0.2, 0.25) is 0 Å². The summed E-state index contributed by atoms with van der Waals surface area (Å²) in [6.07, 6.45) is 0. The molecule has 0 radical (unpaired) electrons. The Morgan fingerprint density at radius 2 is 1.86 bits per heavy atom. The first kappa shape index (κ1) is 10.8. The minimum atomic E-state index is 0.0928. The van der Waals surface area contributed by atoms with E-state index in [0.29, 0.717) is 0 Å². The van der Waals surface area contributed by atoms with Gasteiger partial charge in [0, 0.05) is 5.69 Å². The maximum absolute atomic E-state index is 5.95. The predicted octanol–water partition coefficient (Wildman–Crippen LogP) is 3.60. The van der Waals surface area contributed by atoms with Gasteiger partial charge in [-0.3, -0.25) is 0 Å². The topological polar surface area (TPSA) is 26.0 Å². The number of anilines is 1. The molecule has 0 saturated carbocycles. The fourth-order valence-electron chi connectivity index (χ4n) is 1.47. The summed E-state index contributed by atoms with van der Waals surface area (Å²) in [5, 5.41) is 0. The molecule has 76 valence electrons. The van der Waals surface area contributed by atoms with Crippen LogP contribution in [-0.2, 0) is 5.41 Å². The number of nitrogen functional groups attached to an aromatic ring is 1. The third kappa shape index (κ3) is 2.16. The molecule has 0 atom stereocenters. The molecular weight excluding hydrogens is 170 g/mol. The highest BCUT2D eigenvalue weighted by Gasteiger charge is 2.17. The first-order chi connectivity index (χ1) is 6.32. The smallest absolute Gasteiger partial charge is 0.0352 e. The van der Waals surface area contributed by atoms with Gasteiger partial charge in [-0.1, -0.05) is 39.0 Å². The summed E-state index contributed by atoms with van der Waals surface area (Å²) in [6.45, 7) is 12.5. The van der Waals surface area contributed by atoms with Crippen molar-refractivity contribution in [1.29, 1.82) is 0 Å². The van der Waals surface area contributed by atoms with Crippen molar-refractivity contribution in [3.8, 4) is 0 Å². The molecule has 0 bridgehead atoms. The summed E-state index contributed by atoms with van der Waals surface area (Å²) in [5.74, 6) is 0. The lowest BCUT2D eigenvalue weighted by atomic mass is 9.84. The lowest BCUT2D eigenvalue weighted by Gasteiger charge is -2.22. The summed E-state index contributed by atoms with van der Waals surface area (Å²) in [7, 11) is 0. The van der Waals surface area contributed by atoms with Gasteiger partial charge in [0.05, 0.1) is 0 Å². The third-order valence-corrected chi connectivity index (χ3v) is 2.35. The molecule has 1 aromatic carbocycles. The minimum absolute atomic E-state index is 0.0928. The fraction of sp³-hybridized carbons (Fsp3) is 0.385. The Kier molecular flexibility index (Phi) is 2.70. The van der Waals surface area contributed by atoms with Crippen LogP contribution in [0.5, 0.6) is 0 Å². The Balaban J connectivity index is 3.29. The molecule has 0 aliphatic heterocycles. The highest BCUT2D eigenvalue weighted by Crippen LogP contribution is 2.29. The third-order valence-electron chi connectivity index (χ3n) is 2.35. The average molecular weight is 189 g/mol. The van der Waals surface area contributed by atoms with Gasteiger partial charge < -0.3 is 5.73 Å². The predicted molar refractivity (Wildman–Crippen MR) is 64.3 cm³/mol. The van der Waals surface area contributed by atoms with Crippen LogP contribution in [0.1, 0.15) is 38.8 Å². The normalized spacial score (nSPS) is 11.4. The summed E-state index contributed by atoms with van der Waals surface area (Å²) in [4.78, 5) is 0. The van der Waals surface area contributed by atoms with Crippen molar-refractivity contribution >= 4 is 11.3 Å². The van der Waals surface area contributed by atoms with Crippen LogP contribution < -0.4 is 5.73 Å². The van der Waals surface area contributed by atoms with E-state index in [1.165, 1.54) is 11.1 Å². The summed E-state index contributed by atoms with van der Waals surface area (Å²) >= 11 is 0. The van der Waals surface area contributed by atoms with E-state index in [2.05, 4.69) is 33.4 Å². The van der Waals surface area contributed by atoms with Gasteiger partial charge in [-0.2, -0.15) is 0 Å². The fourth-order valence-corrected chi connectivity index (χ4v) is 1.47. The monoisotopic (exact) mass is 189 g/mol. The molecule has 2 N–H and O–H groups in total. The number of allylic oxidation sites excluding steroid dienone is 1. The SMILES string of the molecule is C=C(C)c1ccc(N)c(C(C)(C)C)c1. The second kappa shape index (κ2) is 3.49. The standard InChI is InChI=1S/C13H19N/c1-9(2)10-6-7-12(14)11(8-10)13(3,4)5/h6-8H,1,14H2,2-5H3. The second-order valence-corrected chi connectivity index (χ2v) is 4.83. The first-order valence-electron chi connectivity index (χ1n) is 4.88. The van der Waals surface area contributed by atoms with Crippen molar-refractivity contribution in [3.63, 3.8) is 0 Å². The lowest BCUT2D eigenvalue weighted by Crippen LogP contribution is -2.14.